The topological polar surface area (TPSA) is 141 Å². The van der Waals surface area contributed by atoms with Gasteiger partial charge in [0.25, 0.3) is 0 Å². The van der Waals surface area contributed by atoms with Gasteiger partial charge in [0.05, 0.1) is 10.9 Å². The molecule has 7 nitrogen and oxygen atoms in total. The Bertz CT molecular complexity index is 542. The van der Waals surface area contributed by atoms with Crippen molar-refractivity contribution >= 4 is 21.6 Å². The van der Waals surface area contributed by atoms with E-state index >= 15 is 0 Å². The van der Waals surface area contributed by atoms with Crippen LogP contribution in [0.3, 0.4) is 0 Å². The number of carbonyl (C=O) groups excluding carboxylic acids is 1. The lowest BCUT2D eigenvalue weighted by Gasteiger charge is -2.12. The molecular weight excluding hydrogens is 280 g/mol. The summed E-state index contributed by atoms with van der Waals surface area (Å²) in [5.74, 6) is -0.314. The van der Waals surface area contributed by atoms with Crippen LogP contribution < -0.4 is 21.9 Å². The fourth-order valence-electron chi connectivity index (χ4n) is 1.60. The van der Waals surface area contributed by atoms with Crippen molar-refractivity contribution in [3.05, 3.63) is 24.3 Å². The van der Waals surface area contributed by atoms with E-state index in [-0.39, 0.29) is 10.8 Å². The Balaban J connectivity index is 2.58. The van der Waals surface area contributed by atoms with E-state index in [4.69, 9.17) is 16.6 Å². The second kappa shape index (κ2) is 7.34. The number of benzene rings is 1. The first-order valence-electron chi connectivity index (χ1n) is 6.24. The van der Waals surface area contributed by atoms with Crippen LogP contribution >= 0.6 is 0 Å². The summed E-state index contributed by atoms with van der Waals surface area (Å²) < 4.78 is 22.2. The molecule has 112 valence electrons. The van der Waals surface area contributed by atoms with Crippen LogP contribution in [-0.2, 0) is 14.8 Å². The number of primary sulfonamides is 1. The lowest BCUT2D eigenvalue weighted by molar-refractivity contribution is -0.117. The summed E-state index contributed by atoms with van der Waals surface area (Å²) in [6, 6.07) is 4.96. The van der Waals surface area contributed by atoms with Gasteiger partial charge in [-0.2, -0.15) is 0 Å². The molecule has 0 aliphatic carbocycles. The quantitative estimate of drug-likeness (QED) is 0.513. The number of amides is 1. The molecule has 0 aliphatic rings. The first kappa shape index (κ1) is 16.6. The van der Waals surface area contributed by atoms with Gasteiger partial charge < -0.3 is 16.8 Å². The number of unbranched alkanes of at least 4 members (excludes halogenated alkanes) is 1. The number of nitrogens with one attached hydrogen (secondary N) is 1. The minimum absolute atomic E-state index is 0.0113. The molecule has 1 aromatic carbocycles. The van der Waals surface area contributed by atoms with Gasteiger partial charge in [-0.15, -0.1) is 0 Å². The van der Waals surface area contributed by atoms with E-state index in [0.717, 1.165) is 12.8 Å². The molecule has 1 rings (SSSR count). The maximum atomic E-state index is 11.8. The molecule has 0 saturated heterocycles. The summed E-state index contributed by atoms with van der Waals surface area (Å²) in [6.45, 7) is 0.573. The smallest absolute Gasteiger partial charge is 0.241 e. The third-order valence-electron chi connectivity index (χ3n) is 2.76. The highest BCUT2D eigenvalue weighted by molar-refractivity contribution is 7.89. The molecule has 0 spiro atoms. The summed E-state index contributed by atoms with van der Waals surface area (Å²) in [6.07, 6.45) is 2.16. The maximum absolute atomic E-state index is 11.8. The van der Waals surface area contributed by atoms with E-state index in [1.807, 2.05) is 0 Å². The predicted octanol–water partition coefficient (Wildman–Crippen LogP) is -0.271. The van der Waals surface area contributed by atoms with E-state index in [9.17, 15) is 13.2 Å². The molecule has 1 amide bonds. The molecule has 0 radical (unpaired) electrons. The SMILES string of the molecule is NCCCCC(N)C(=O)Nc1ccc(S(N)(=O)=O)cc1. The van der Waals surface area contributed by atoms with Gasteiger partial charge in [0.15, 0.2) is 0 Å². The number of anilines is 1. The van der Waals surface area contributed by atoms with Gasteiger partial charge in [-0.05, 0) is 43.7 Å². The van der Waals surface area contributed by atoms with Crippen LogP contribution in [0.4, 0.5) is 5.69 Å². The first-order valence-corrected chi connectivity index (χ1v) is 7.78. The number of nitrogens with two attached hydrogens (primary N) is 3. The number of carbonyl (C=O) groups is 1. The highest BCUT2D eigenvalue weighted by atomic mass is 32.2. The Morgan fingerprint density at radius 1 is 1.20 bits per heavy atom. The van der Waals surface area contributed by atoms with Gasteiger partial charge in [0.1, 0.15) is 0 Å². The third kappa shape index (κ3) is 5.25. The van der Waals surface area contributed by atoms with Gasteiger partial charge >= 0.3 is 0 Å². The molecular formula is C12H20N4O3S. The van der Waals surface area contributed by atoms with Crippen molar-refractivity contribution in [2.24, 2.45) is 16.6 Å². The monoisotopic (exact) mass is 300 g/mol. The number of hydrogen-bond acceptors (Lipinski definition) is 5. The lowest BCUT2D eigenvalue weighted by Crippen LogP contribution is -2.35. The minimum atomic E-state index is -3.73. The van der Waals surface area contributed by atoms with Crippen molar-refractivity contribution in [1.29, 1.82) is 0 Å². The van der Waals surface area contributed by atoms with Crippen LogP contribution in [0.1, 0.15) is 19.3 Å². The van der Waals surface area contributed by atoms with Gasteiger partial charge in [0.2, 0.25) is 15.9 Å². The van der Waals surface area contributed by atoms with Crippen molar-refractivity contribution in [2.45, 2.75) is 30.2 Å². The minimum Gasteiger partial charge on any atom is -0.330 e. The van der Waals surface area contributed by atoms with Gasteiger partial charge in [-0.25, -0.2) is 13.6 Å². The summed E-state index contributed by atoms with van der Waals surface area (Å²) in [5, 5.41) is 7.60. The van der Waals surface area contributed by atoms with Crippen molar-refractivity contribution in [2.75, 3.05) is 11.9 Å². The Labute approximate surface area is 118 Å². The van der Waals surface area contributed by atoms with E-state index in [1.54, 1.807) is 0 Å². The van der Waals surface area contributed by atoms with Gasteiger partial charge in [0, 0.05) is 5.69 Å². The van der Waals surface area contributed by atoms with Crippen molar-refractivity contribution in [3.8, 4) is 0 Å². The second-order valence-electron chi connectivity index (χ2n) is 4.45. The molecule has 1 aromatic rings. The zero-order chi connectivity index (χ0) is 15.2. The van der Waals surface area contributed by atoms with Gasteiger partial charge in [-0.3, -0.25) is 4.79 Å². The largest absolute Gasteiger partial charge is 0.330 e. The fraction of sp³-hybridized carbons (Fsp3) is 0.417. The van der Waals surface area contributed by atoms with Crippen LogP contribution in [0.2, 0.25) is 0 Å². The molecule has 0 saturated carbocycles. The van der Waals surface area contributed by atoms with E-state index < -0.39 is 16.1 Å². The van der Waals surface area contributed by atoms with E-state index in [1.165, 1.54) is 24.3 Å². The molecule has 1 atom stereocenters. The zero-order valence-electron chi connectivity index (χ0n) is 11.1. The Kier molecular flexibility index (Phi) is 6.08. The summed E-state index contributed by atoms with van der Waals surface area (Å²) in [4.78, 5) is 11.8. The molecule has 0 bridgehead atoms. The predicted molar refractivity (Wildman–Crippen MR) is 77.3 cm³/mol. The number of hydrogen-bond donors (Lipinski definition) is 4. The molecule has 0 aromatic heterocycles. The fourth-order valence-corrected chi connectivity index (χ4v) is 2.12. The Morgan fingerprint density at radius 2 is 1.80 bits per heavy atom. The Hall–Kier alpha value is -1.48. The van der Waals surface area contributed by atoms with E-state index in [2.05, 4.69) is 5.32 Å². The van der Waals surface area contributed by atoms with Crippen LogP contribution in [0.25, 0.3) is 0 Å². The normalized spacial score (nSPS) is 12.9. The van der Waals surface area contributed by atoms with Crippen LogP contribution in [0.15, 0.2) is 29.2 Å². The third-order valence-corrected chi connectivity index (χ3v) is 3.69. The lowest BCUT2D eigenvalue weighted by atomic mass is 10.1. The molecule has 20 heavy (non-hydrogen) atoms. The first-order chi connectivity index (χ1) is 9.34. The van der Waals surface area contributed by atoms with Crippen LogP contribution in [-0.4, -0.2) is 26.9 Å². The molecule has 0 fully saturated rings. The summed E-state index contributed by atoms with van der Waals surface area (Å²) in [5.41, 5.74) is 11.6. The second-order valence-corrected chi connectivity index (χ2v) is 6.01. The molecule has 7 N–H and O–H groups in total. The number of rotatable bonds is 7. The molecule has 8 heteroatoms. The summed E-state index contributed by atoms with van der Waals surface area (Å²) >= 11 is 0. The van der Waals surface area contributed by atoms with Gasteiger partial charge in [-0.1, -0.05) is 6.42 Å². The maximum Gasteiger partial charge on any atom is 0.241 e. The molecule has 0 heterocycles. The average molecular weight is 300 g/mol. The number of sulfonamides is 1. The standard InChI is InChI=1S/C12H20N4O3S/c13-8-2-1-3-11(14)12(17)16-9-4-6-10(7-5-9)20(15,18)19/h4-7,11H,1-3,8,13-14H2,(H,16,17)(H2,15,18,19). The Morgan fingerprint density at radius 3 is 2.30 bits per heavy atom. The highest BCUT2D eigenvalue weighted by Gasteiger charge is 2.13. The molecule has 1 unspecified atom stereocenters. The van der Waals surface area contributed by atoms with E-state index in [0.29, 0.717) is 18.7 Å². The van der Waals surface area contributed by atoms with Crippen LogP contribution in [0.5, 0.6) is 0 Å². The highest BCUT2D eigenvalue weighted by Crippen LogP contribution is 2.13. The zero-order valence-corrected chi connectivity index (χ0v) is 11.9. The molecule has 0 aliphatic heterocycles. The van der Waals surface area contributed by atoms with Crippen molar-refractivity contribution < 1.29 is 13.2 Å². The summed E-state index contributed by atoms with van der Waals surface area (Å²) in [7, 11) is -3.73. The average Bonchev–Trinajstić information content (AvgIpc) is 2.38. The van der Waals surface area contributed by atoms with Crippen LogP contribution in [0, 0.1) is 0 Å². The van der Waals surface area contributed by atoms with Crippen molar-refractivity contribution in [1.82, 2.24) is 0 Å². The van der Waals surface area contributed by atoms with Crippen molar-refractivity contribution in [3.63, 3.8) is 0 Å².